The van der Waals surface area contributed by atoms with E-state index in [1.807, 2.05) is 19.1 Å². The molecular weight excluding hydrogens is 266 g/mol. The van der Waals surface area contributed by atoms with E-state index in [0.29, 0.717) is 6.42 Å². The minimum absolute atomic E-state index is 0.0129. The number of ether oxygens (including phenoxy) is 1. The highest BCUT2D eigenvalue weighted by atomic mass is 16.5. The number of carbonyl (C=O) groups is 1. The van der Waals surface area contributed by atoms with Crippen LogP contribution in [0.1, 0.15) is 44.2 Å². The van der Waals surface area contributed by atoms with E-state index in [-0.39, 0.29) is 19.1 Å². The van der Waals surface area contributed by atoms with Gasteiger partial charge in [-0.3, -0.25) is 4.79 Å². The maximum Gasteiger partial charge on any atom is 0.258 e. The lowest BCUT2D eigenvalue weighted by Gasteiger charge is -2.22. The molecule has 4 heteroatoms. The number of amides is 1. The van der Waals surface area contributed by atoms with Crippen molar-refractivity contribution in [3.05, 3.63) is 29.3 Å². The Morgan fingerprint density at radius 1 is 1.38 bits per heavy atom. The average Bonchev–Trinajstić information content (AvgIpc) is 2.90. The van der Waals surface area contributed by atoms with Gasteiger partial charge in [0.2, 0.25) is 0 Å². The Labute approximate surface area is 126 Å². The molecule has 1 aliphatic carbocycles. The Morgan fingerprint density at radius 2 is 2.14 bits per heavy atom. The summed E-state index contributed by atoms with van der Waals surface area (Å²) in [5.74, 6) is 0.540. The molecule has 1 unspecified atom stereocenters. The molecule has 1 aromatic rings. The average molecular weight is 291 g/mol. The van der Waals surface area contributed by atoms with Gasteiger partial charge in [0.05, 0.1) is 5.60 Å². The van der Waals surface area contributed by atoms with Crippen molar-refractivity contribution in [2.45, 2.75) is 51.6 Å². The van der Waals surface area contributed by atoms with Crippen LogP contribution >= 0.6 is 0 Å². The molecule has 0 heterocycles. The number of aryl methyl sites for hydroxylation is 2. The first-order valence-electron chi connectivity index (χ1n) is 7.74. The second kappa shape index (κ2) is 6.94. The third-order valence-electron chi connectivity index (χ3n) is 3.89. The van der Waals surface area contributed by atoms with Gasteiger partial charge in [-0.05, 0) is 55.9 Å². The predicted molar refractivity (Wildman–Crippen MR) is 82.5 cm³/mol. The Morgan fingerprint density at radius 3 is 2.90 bits per heavy atom. The number of aliphatic hydroxyl groups is 1. The van der Waals surface area contributed by atoms with Crippen LogP contribution in [0.4, 0.5) is 0 Å². The first-order valence-corrected chi connectivity index (χ1v) is 7.74. The Hall–Kier alpha value is -1.55. The molecule has 1 amide bonds. The summed E-state index contributed by atoms with van der Waals surface area (Å²) in [6.45, 7) is 3.99. The molecule has 0 saturated carbocycles. The third kappa shape index (κ3) is 4.74. The van der Waals surface area contributed by atoms with E-state index >= 15 is 0 Å². The van der Waals surface area contributed by atoms with Crippen LogP contribution in [0.3, 0.4) is 0 Å². The summed E-state index contributed by atoms with van der Waals surface area (Å²) in [4.78, 5) is 11.8. The van der Waals surface area contributed by atoms with Crippen molar-refractivity contribution >= 4 is 5.91 Å². The predicted octanol–water partition coefficient (Wildman–Crippen LogP) is 2.22. The fraction of sp³-hybridized carbons (Fsp3) is 0.588. The van der Waals surface area contributed by atoms with E-state index in [0.717, 1.165) is 25.0 Å². The summed E-state index contributed by atoms with van der Waals surface area (Å²) in [5.41, 5.74) is 1.87. The van der Waals surface area contributed by atoms with Crippen LogP contribution in [0, 0.1) is 0 Å². The lowest BCUT2D eigenvalue weighted by Crippen LogP contribution is -2.42. The Kier molecular flexibility index (Phi) is 5.23. The monoisotopic (exact) mass is 291 g/mol. The smallest absolute Gasteiger partial charge is 0.258 e. The number of fused-ring (bicyclic) bond motifs is 1. The summed E-state index contributed by atoms with van der Waals surface area (Å²) in [6, 6.07) is 6.04. The minimum Gasteiger partial charge on any atom is -0.484 e. The Balaban J connectivity index is 1.76. The summed E-state index contributed by atoms with van der Waals surface area (Å²) in [6.07, 6.45) is 4.99. The number of hydrogen-bond donors (Lipinski definition) is 2. The van der Waals surface area contributed by atoms with Gasteiger partial charge in [-0.1, -0.05) is 19.4 Å². The van der Waals surface area contributed by atoms with E-state index < -0.39 is 5.60 Å². The van der Waals surface area contributed by atoms with Gasteiger partial charge in [-0.2, -0.15) is 0 Å². The highest BCUT2D eigenvalue weighted by Gasteiger charge is 2.20. The number of carbonyl (C=O) groups excluding carboxylic acids is 1. The molecule has 0 bridgehead atoms. The number of nitrogens with one attached hydrogen (secondary N) is 1. The largest absolute Gasteiger partial charge is 0.484 e. The van der Waals surface area contributed by atoms with Crippen molar-refractivity contribution in [1.29, 1.82) is 0 Å². The molecule has 0 aromatic heterocycles. The van der Waals surface area contributed by atoms with E-state index in [1.54, 1.807) is 6.92 Å². The maximum absolute atomic E-state index is 11.8. The van der Waals surface area contributed by atoms with Gasteiger partial charge in [-0.25, -0.2) is 0 Å². The van der Waals surface area contributed by atoms with Crippen LogP contribution in [0.5, 0.6) is 5.75 Å². The molecule has 21 heavy (non-hydrogen) atoms. The summed E-state index contributed by atoms with van der Waals surface area (Å²) in [7, 11) is 0. The second-order valence-corrected chi connectivity index (χ2v) is 6.10. The van der Waals surface area contributed by atoms with Gasteiger partial charge in [0, 0.05) is 6.54 Å². The number of benzene rings is 1. The molecule has 2 rings (SSSR count). The van der Waals surface area contributed by atoms with Gasteiger partial charge >= 0.3 is 0 Å². The number of rotatable bonds is 7. The SMILES string of the molecule is CCCC(C)(O)CNC(=O)COc1ccc2c(c1)CCC2. The first kappa shape index (κ1) is 15.8. The molecule has 1 aliphatic rings. The van der Waals surface area contributed by atoms with E-state index in [9.17, 15) is 9.90 Å². The molecule has 0 radical (unpaired) electrons. The normalized spacial score (nSPS) is 16.1. The fourth-order valence-electron chi connectivity index (χ4n) is 2.75. The van der Waals surface area contributed by atoms with Crippen LogP contribution in [-0.2, 0) is 17.6 Å². The minimum atomic E-state index is -0.849. The van der Waals surface area contributed by atoms with Crippen LogP contribution < -0.4 is 10.1 Å². The second-order valence-electron chi connectivity index (χ2n) is 6.10. The van der Waals surface area contributed by atoms with Gasteiger partial charge in [-0.15, -0.1) is 0 Å². The van der Waals surface area contributed by atoms with Crippen LogP contribution in [-0.4, -0.2) is 29.8 Å². The van der Waals surface area contributed by atoms with Crippen LogP contribution in [0.25, 0.3) is 0 Å². The van der Waals surface area contributed by atoms with Crippen molar-refractivity contribution < 1.29 is 14.6 Å². The zero-order valence-electron chi connectivity index (χ0n) is 12.9. The molecule has 0 aliphatic heterocycles. The van der Waals surface area contributed by atoms with Crippen molar-refractivity contribution in [2.75, 3.05) is 13.2 Å². The highest BCUT2D eigenvalue weighted by Crippen LogP contribution is 2.25. The molecule has 1 aromatic carbocycles. The lowest BCUT2D eigenvalue weighted by atomic mass is 10.0. The van der Waals surface area contributed by atoms with Gasteiger partial charge in [0.15, 0.2) is 6.61 Å². The maximum atomic E-state index is 11.8. The molecule has 0 saturated heterocycles. The van der Waals surface area contributed by atoms with E-state index in [2.05, 4.69) is 11.4 Å². The number of hydrogen-bond acceptors (Lipinski definition) is 3. The first-order chi connectivity index (χ1) is 10.00. The fourth-order valence-corrected chi connectivity index (χ4v) is 2.75. The van der Waals surface area contributed by atoms with Crippen LogP contribution in [0.15, 0.2) is 18.2 Å². The van der Waals surface area contributed by atoms with Crippen molar-refractivity contribution in [3.8, 4) is 5.75 Å². The van der Waals surface area contributed by atoms with E-state index in [1.165, 1.54) is 17.5 Å². The summed E-state index contributed by atoms with van der Waals surface area (Å²) >= 11 is 0. The standard InChI is InChI=1S/C17H25NO3/c1-3-9-17(2,20)12-18-16(19)11-21-15-8-7-13-5-4-6-14(13)10-15/h7-8,10,20H,3-6,9,11-12H2,1-2H3,(H,18,19). The molecule has 1 atom stereocenters. The topological polar surface area (TPSA) is 58.6 Å². The van der Waals surface area contributed by atoms with Gasteiger partial charge in [0.25, 0.3) is 5.91 Å². The summed E-state index contributed by atoms with van der Waals surface area (Å²) < 4.78 is 5.52. The summed E-state index contributed by atoms with van der Waals surface area (Å²) in [5, 5.41) is 12.7. The molecule has 2 N–H and O–H groups in total. The Bertz CT molecular complexity index is 497. The molecule has 116 valence electrons. The van der Waals surface area contributed by atoms with Crippen LogP contribution in [0.2, 0.25) is 0 Å². The third-order valence-corrected chi connectivity index (χ3v) is 3.89. The zero-order chi connectivity index (χ0) is 15.3. The van der Waals surface area contributed by atoms with Gasteiger partial charge < -0.3 is 15.2 Å². The molecule has 0 fully saturated rings. The van der Waals surface area contributed by atoms with E-state index in [4.69, 9.17) is 4.74 Å². The molecule has 0 spiro atoms. The van der Waals surface area contributed by atoms with Crippen molar-refractivity contribution in [2.24, 2.45) is 0 Å². The van der Waals surface area contributed by atoms with Crippen molar-refractivity contribution in [1.82, 2.24) is 5.32 Å². The molecule has 4 nitrogen and oxygen atoms in total. The zero-order valence-corrected chi connectivity index (χ0v) is 12.9. The van der Waals surface area contributed by atoms with Gasteiger partial charge in [0.1, 0.15) is 5.75 Å². The van der Waals surface area contributed by atoms with Crippen molar-refractivity contribution in [3.63, 3.8) is 0 Å². The quantitative estimate of drug-likeness (QED) is 0.810. The highest BCUT2D eigenvalue weighted by molar-refractivity contribution is 5.77. The molecular formula is C17H25NO3. The lowest BCUT2D eigenvalue weighted by molar-refractivity contribution is -0.124.